The van der Waals surface area contributed by atoms with Crippen LogP contribution in [0.1, 0.15) is 15.4 Å². The Kier molecular flexibility index (Phi) is 2.61. The molecule has 0 unspecified atom stereocenters. The normalized spacial score (nSPS) is 10.1. The number of hydrogen-bond acceptors (Lipinski definition) is 3. The van der Waals surface area contributed by atoms with E-state index < -0.39 is 0 Å². The average molecular weight is 224 g/mol. The Labute approximate surface area is 90.2 Å². The fourth-order valence-corrected chi connectivity index (χ4v) is 1.95. The van der Waals surface area contributed by atoms with Crippen molar-refractivity contribution < 1.29 is 4.79 Å². The van der Waals surface area contributed by atoms with Crippen LogP contribution in [-0.2, 0) is 0 Å². The molecule has 0 spiro atoms. The van der Waals surface area contributed by atoms with E-state index in [1.807, 2.05) is 11.4 Å². The molecule has 0 saturated carbocycles. The van der Waals surface area contributed by atoms with Crippen molar-refractivity contribution in [3.05, 3.63) is 51.4 Å². The summed E-state index contributed by atoms with van der Waals surface area (Å²) < 4.78 is 0. The maximum absolute atomic E-state index is 11.8. The third-order valence-electron chi connectivity index (χ3n) is 1.72. The van der Waals surface area contributed by atoms with Crippen LogP contribution in [0, 0.1) is 0 Å². The monoisotopic (exact) mass is 223 g/mol. The summed E-state index contributed by atoms with van der Waals surface area (Å²) in [6.45, 7) is 0. The number of halogens is 1. The quantitative estimate of drug-likeness (QED) is 0.733. The molecule has 2 aromatic heterocycles. The fourth-order valence-electron chi connectivity index (χ4n) is 1.08. The molecule has 2 aromatic rings. The number of hydrogen-bond donors (Lipinski definition) is 0. The van der Waals surface area contributed by atoms with Gasteiger partial charge in [0.15, 0.2) is 0 Å². The predicted octanol–water partition coefficient (Wildman–Crippen LogP) is 3.03. The highest BCUT2D eigenvalue weighted by Gasteiger charge is 2.14. The number of ketones is 1. The Bertz CT molecular complexity index is 453. The van der Waals surface area contributed by atoms with E-state index in [1.54, 1.807) is 24.4 Å². The van der Waals surface area contributed by atoms with Crippen LogP contribution in [0.15, 0.2) is 35.8 Å². The zero-order valence-corrected chi connectivity index (χ0v) is 8.68. The van der Waals surface area contributed by atoms with Crippen molar-refractivity contribution in [3.8, 4) is 0 Å². The van der Waals surface area contributed by atoms with E-state index in [0.717, 1.165) is 0 Å². The number of pyridine rings is 1. The van der Waals surface area contributed by atoms with Gasteiger partial charge in [-0.15, -0.1) is 11.3 Å². The van der Waals surface area contributed by atoms with Crippen molar-refractivity contribution in [2.75, 3.05) is 0 Å². The van der Waals surface area contributed by atoms with E-state index in [4.69, 9.17) is 11.6 Å². The van der Waals surface area contributed by atoms with Crippen molar-refractivity contribution >= 4 is 28.7 Å². The lowest BCUT2D eigenvalue weighted by atomic mass is 10.2. The molecule has 0 saturated heterocycles. The molecule has 2 heterocycles. The van der Waals surface area contributed by atoms with Crippen LogP contribution in [0.5, 0.6) is 0 Å². The molecule has 0 atom stereocenters. The molecule has 4 heteroatoms. The molecule has 0 bridgehead atoms. The minimum atomic E-state index is -0.120. The summed E-state index contributed by atoms with van der Waals surface area (Å²) in [7, 11) is 0. The van der Waals surface area contributed by atoms with Gasteiger partial charge in [0.1, 0.15) is 5.69 Å². The lowest BCUT2D eigenvalue weighted by Crippen LogP contribution is -2.02. The highest BCUT2D eigenvalue weighted by molar-refractivity contribution is 7.12. The highest BCUT2D eigenvalue weighted by Crippen LogP contribution is 2.19. The summed E-state index contributed by atoms with van der Waals surface area (Å²) >= 11 is 7.24. The number of rotatable bonds is 2. The van der Waals surface area contributed by atoms with Crippen molar-refractivity contribution in [1.82, 2.24) is 4.98 Å². The van der Waals surface area contributed by atoms with E-state index in [1.165, 1.54) is 11.3 Å². The summed E-state index contributed by atoms with van der Waals surface area (Å²) in [5.41, 5.74) is 0.316. The molecule has 70 valence electrons. The van der Waals surface area contributed by atoms with E-state index in [-0.39, 0.29) is 5.78 Å². The Balaban J connectivity index is 2.42. The minimum Gasteiger partial charge on any atom is -0.286 e. The molecule has 0 aromatic carbocycles. The number of carbonyl (C=O) groups is 1. The van der Waals surface area contributed by atoms with Gasteiger partial charge in [-0.25, -0.2) is 0 Å². The lowest BCUT2D eigenvalue weighted by Gasteiger charge is -1.98. The Morgan fingerprint density at radius 2 is 2.21 bits per heavy atom. The Morgan fingerprint density at radius 3 is 2.86 bits per heavy atom. The molecule has 0 radical (unpaired) electrons. The van der Waals surface area contributed by atoms with E-state index in [9.17, 15) is 4.79 Å². The third kappa shape index (κ3) is 1.69. The van der Waals surface area contributed by atoms with E-state index in [2.05, 4.69) is 4.98 Å². The second-order valence-corrected chi connectivity index (χ2v) is 4.00. The molecule has 0 aliphatic heterocycles. The number of nitrogens with zero attached hydrogens (tertiary/aromatic N) is 1. The van der Waals surface area contributed by atoms with Gasteiger partial charge in [0, 0.05) is 6.20 Å². The smallest absolute Gasteiger partial charge is 0.222 e. The molecule has 0 N–H and O–H groups in total. The largest absolute Gasteiger partial charge is 0.286 e. The zero-order valence-electron chi connectivity index (χ0n) is 7.11. The molecule has 0 aliphatic rings. The van der Waals surface area contributed by atoms with Gasteiger partial charge in [-0.3, -0.25) is 9.78 Å². The van der Waals surface area contributed by atoms with Gasteiger partial charge < -0.3 is 0 Å². The first-order valence-corrected chi connectivity index (χ1v) is 5.23. The first-order valence-electron chi connectivity index (χ1n) is 3.98. The molecule has 0 amide bonds. The first kappa shape index (κ1) is 9.37. The summed E-state index contributed by atoms with van der Waals surface area (Å²) in [5.74, 6) is -0.120. The van der Waals surface area contributed by atoms with Gasteiger partial charge in [0.25, 0.3) is 0 Å². The van der Waals surface area contributed by atoms with Crippen LogP contribution in [0.25, 0.3) is 0 Å². The maximum Gasteiger partial charge on any atom is 0.222 e. The molecule has 2 rings (SSSR count). The predicted molar refractivity (Wildman–Crippen MR) is 57.0 cm³/mol. The van der Waals surface area contributed by atoms with Gasteiger partial charge in [0.05, 0.1) is 9.90 Å². The van der Waals surface area contributed by atoms with Crippen molar-refractivity contribution in [2.45, 2.75) is 0 Å². The minimum absolute atomic E-state index is 0.120. The lowest BCUT2D eigenvalue weighted by molar-refractivity contribution is 0.103. The Hall–Kier alpha value is -1.19. The summed E-state index contributed by atoms with van der Waals surface area (Å²) in [5, 5.41) is 2.25. The number of carbonyl (C=O) groups excluding carboxylic acids is 1. The number of aromatic nitrogens is 1. The maximum atomic E-state index is 11.8. The van der Waals surface area contributed by atoms with Crippen molar-refractivity contribution in [2.24, 2.45) is 0 Å². The van der Waals surface area contributed by atoms with E-state index >= 15 is 0 Å². The third-order valence-corrected chi connectivity index (χ3v) is 2.89. The zero-order chi connectivity index (χ0) is 9.97. The van der Waals surface area contributed by atoms with Crippen LogP contribution in [-0.4, -0.2) is 10.8 Å². The SMILES string of the molecule is O=C(c1cccs1)c1ncccc1Cl. The first-order chi connectivity index (χ1) is 6.79. The average Bonchev–Trinajstić information content (AvgIpc) is 2.70. The standard InChI is InChI=1S/C10H6ClNOS/c11-7-3-1-5-12-9(7)10(13)8-4-2-6-14-8/h1-6H. The number of thiophene rings is 1. The van der Waals surface area contributed by atoms with E-state index in [0.29, 0.717) is 15.6 Å². The molecular weight excluding hydrogens is 218 g/mol. The molecule has 0 aliphatic carbocycles. The van der Waals surface area contributed by atoms with Crippen molar-refractivity contribution in [3.63, 3.8) is 0 Å². The molecule has 0 fully saturated rings. The molecular formula is C10H6ClNOS. The fraction of sp³-hybridized carbons (Fsp3) is 0. The summed E-state index contributed by atoms with van der Waals surface area (Å²) in [4.78, 5) is 16.4. The van der Waals surface area contributed by atoms with Gasteiger partial charge in [0.2, 0.25) is 5.78 Å². The Morgan fingerprint density at radius 1 is 1.36 bits per heavy atom. The second kappa shape index (κ2) is 3.90. The van der Waals surface area contributed by atoms with Crippen molar-refractivity contribution in [1.29, 1.82) is 0 Å². The van der Waals surface area contributed by atoms with Crippen LogP contribution in [0.3, 0.4) is 0 Å². The van der Waals surface area contributed by atoms with Gasteiger partial charge >= 0.3 is 0 Å². The van der Waals surface area contributed by atoms with Crippen LogP contribution < -0.4 is 0 Å². The van der Waals surface area contributed by atoms with Crippen LogP contribution >= 0.6 is 22.9 Å². The van der Waals surface area contributed by atoms with Gasteiger partial charge in [-0.1, -0.05) is 17.7 Å². The molecule has 2 nitrogen and oxygen atoms in total. The second-order valence-electron chi connectivity index (χ2n) is 2.64. The molecule has 14 heavy (non-hydrogen) atoms. The topological polar surface area (TPSA) is 30.0 Å². The highest BCUT2D eigenvalue weighted by atomic mass is 35.5. The summed E-state index contributed by atoms with van der Waals surface area (Å²) in [6.07, 6.45) is 1.56. The summed E-state index contributed by atoms with van der Waals surface area (Å²) in [6, 6.07) is 6.95. The van der Waals surface area contributed by atoms with Gasteiger partial charge in [-0.05, 0) is 23.6 Å². The van der Waals surface area contributed by atoms with Gasteiger partial charge in [-0.2, -0.15) is 0 Å². The van der Waals surface area contributed by atoms with Crippen LogP contribution in [0.4, 0.5) is 0 Å². The van der Waals surface area contributed by atoms with Crippen LogP contribution in [0.2, 0.25) is 5.02 Å².